The molecule has 1 aromatic carbocycles. The molecule has 1 saturated carbocycles. The van der Waals surface area contributed by atoms with Crippen LogP contribution in [-0.4, -0.2) is 13.7 Å². The Morgan fingerprint density at radius 3 is 2.68 bits per heavy atom. The first-order valence-electron chi connectivity index (χ1n) is 7.33. The fourth-order valence-electron chi connectivity index (χ4n) is 3.16. The Kier molecular flexibility index (Phi) is 5.53. The molecule has 0 heterocycles. The lowest BCUT2D eigenvalue weighted by Gasteiger charge is -2.32. The first kappa shape index (κ1) is 14.7. The van der Waals surface area contributed by atoms with Crippen LogP contribution in [-0.2, 0) is 0 Å². The van der Waals surface area contributed by atoms with Gasteiger partial charge in [-0.3, -0.25) is 0 Å². The van der Waals surface area contributed by atoms with Crippen LogP contribution in [0.1, 0.15) is 50.6 Å². The molecular weight excluding hydrogens is 258 g/mol. The lowest BCUT2D eigenvalue weighted by Crippen LogP contribution is -2.30. The average Bonchev–Trinajstić information content (AvgIpc) is 2.46. The third kappa shape index (κ3) is 3.64. The molecule has 0 radical (unpaired) electrons. The van der Waals surface area contributed by atoms with Gasteiger partial charge in [-0.25, -0.2) is 0 Å². The monoisotopic (exact) mass is 281 g/mol. The molecular formula is C16H24ClNO. The first-order chi connectivity index (χ1) is 9.26. The molecule has 2 rings (SSSR count). The molecule has 0 aliphatic heterocycles. The molecule has 1 aliphatic rings. The van der Waals surface area contributed by atoms with E-state index in [1.165, 1.54) is 37.7 Å². The molecule has 3 heteroatoms. The van der Waals surface area contributed by atoms with E-state index < -0.39 is 0 Å². The highest BCUT2D eigenvalue weighted by Crippen LogP contribution is 2.38. The molecule has 0 saturated heterocycles. The predicted octanol–water partition coefficient (Wildman–Crippen LogP) is 4.58. The average molecular weight is 282 g/mol. The predicted molar refractivity (Wildman–Crippen MR) is 81.0 cm³/mol. The van der Waals surface area contributed by atoms with Crippen LogP contribution in [0.15, 0.2) is 18.2 Å². The number of nitrogens with one attached hydrogen (secondary N) is 1. The van der Waals surface area contributed by atoms with Crippen LogP contribution in [0.2, 0.25) is 5.02 Å². The van der Waals surface area contributed by atoms with Gasteiger partial charge >= 0.3 is 0 Å². The Bertz CT molecular complexity index is 402. The van der Waals surface area contributed by atoms with Gasteiger partial charge in [-0.15, -0.1) is 0 Å². The van der Waals surface area contributed by atoms with Crippen molar-refractivity contribution in [3.8, 4) is 5.75 Å². The molecule has 19 heavy (non-hydrogen) atoms. The van der Waals surface area contributed by atoms with Crippen LogP contribution in [0.3, 0.4) is 0 Å². The minimum Gasteiger partial charge on any atom is -0.496 e. The van der Waals surface area contributed by atoms with Crippen molar-refractivity contribution in [1.29, 1.82) is 0 Å². The van der Waals surface area contributed by atoms with E-state index in [4.69, 9.17) is 16.3 Å². The number of halogens is 1. The lowest BCUT2D eigenvalue weighted by molar-refractivity contribution is 0.268. The van der Waals surface area contributed by atoms with Crippen LogP contribution < -0.4 is 10.1 Å². The summed E-state index contributed by atoms with van der Waals surface area (Å²) in [7, 11) is 1.72. The summed E-state index contributed by atoms with van der Waals surface area (Å²) in [5, 5.41) is 4.38. The smallest absolute Gasteiger partial charge is 0.125 e. The Labute approximate surface area is 121 Å². The summed E-state index contributed by atoms with van der Waals surface area (Å²) >= 11 is 6.06. The maximum atomic E-state index is 6.06. The van der Waals surface area contributed by atoms with E-state index in [-0.39, 0.29) is 0 Å². The molecule has 1 aromatic rings. The second-order valence-electron chi connectivity index (χ2n) is 5.32. The van der Waals surface area contributed by atoms with Crippen molar-refractivity contribution < 1.29 is 4.74 Å². The van der Waals surface area contributed by atoms with Crippen LogP contribution in [0.25, 0.3) is 0 Å². The lowest BCUT2D eigenvalue weighted by atomic mass is 9.81. The number of hydrogen-bond donors (Lipinski definition) is 1. The fraction of sp³-hybridized carbons (Fsp3) is 0.625. The Balaban J connectivity index is 2.26. The van der Waals surface area contributed by atoms with Crippen molar-refractivity contribution in [3.05, 3.63) is 28.8 Å². The second kappa shape index (κ2) is 7.16. The molecule has 1 atom stereocenters. The summed E-state index contributed by atoms with van der Waals surface area (Å²) in [6, 6.07) is 6.39. The van der Waals surface area contributed by atoms with E-state index in [0.717, 1.165) is 17.3 Å². The number of methoxy groups -OCH3 is 1. The van der Waals surface area contributed by atoms with Gasteiger partial charge in [0.15, 0.2) is 0 Å². The van der Waals surface area contributed by atoms with Gasteiger partial charge < -0.3 is 10.1 Å². The molecule has 0 bridgehead atoms. The van der Waals surface area contributed by atoms with Crippen molar-refractivity contribution in [2.75, 3.05) is 13.7 Å². The largest absolute Gasteiger partial charge is 0.496 e. The third-order valence-electron chi connectivity index (χ3n) is 4.08. The summed E-state index contributed by atoms with van der Waals surface area (Å²) in [6.07, 6.45) is 6.70. The quantitative estimate of drug-likeness (QED) is 0.853. The zero-order valence-electron chi connectivity index (χ0n) is 11.9. The number of benzene rings is 1. The van der Waals surface area contributed by atoms with Crippen molar-refractivity contribution in [2.24, 2.45) is 5.92 Å². The minimum absolute atomic E-state index is 0.387. The van der Waals surface area contributed by atoms with Gasteiger partial charge in [-0.05, 0) is 37.4 Å². The van der Waals surface area contributed by atoms with Gasteiger partial charge in [0.2, 0.25) is 0 Å². The zero-order valence-corrected chi connectivity index (χ0v) is 12.7. The summed E-state index contributed by atoms with van der Waals surface area (Å²) in [5.41, 5.74) is 1.25. The van der Waals surface area contributed by atoms with Crippen molar-refractivity contribution in [2.45, 2.75) is 45.1 Å². The maximum Gasteiger partial charge on any atom is 0.125 e. The molecule has 2 nitrogen and oxygen atoms in total. The van der Waals surface area contributed by atoms with Gasteiger partial charge in [-0.1, -0.05) is 43.9 Å². The number of hydrogen-bond acceptors (Lipinski definition) is 2. The van der Waals surface area contributed by atoms with E-state index in [1.54, 1.807) is 7.11 Å². The van der Waals surface area contributed by atoms with E-state index >= 15 is 0 Å². The molecule has 106 valence electrons. The topological polar surface area (TPSA) is 21.3 Å². The van der Waals surface area contributed by atoms with Crippen LogP contribution in [0.4, 0.5) is 0 Å². The Morgan fingerprint density at radius 2 is 2.05 bits per heavy atom. The number of rotatable bonds is 5. The Morgan fingerprint density at radius 1 is 1.32 bits per heavy atom. The molecule has 1 N–H and O–H groups in total. The zero-order chi connectivity index (χ0) is 13.7. The Hall–Kier alpha value is -0.730. The SMILES string of the molecule is CCNC(c1ccc(Cl)cc1OC)C1CCCCC1. The summed E-state index contributed by atoms with van der Waals surface area (Å²) < 4.78 is 5.52. The van der Waals surface area contributed by atoms with Crippen molar-refractivity contribution in [3.63, 3.8) is 0 Å². The molecule has 1 aliphatic carbocycles. The highest BCUT2D eigenvalue weighted by Gasteiger charge is 2.26. The van der Waals surface area contributed by atoms with E-state index in [0.29, 0.717) is 12.0 Å². The molecule has 0 spiro atoms. The van der Waals surface area contributed by atoms with Crippen molar-refractivity contribution in [1.82, 2.24) is 5.32 Å². The van der Waals surface area contributed by atoms with Crippen LogP contribution in [0, 0.1) is 5.92 Å². The summed E-state index contributed by atoms with van der Waals surface area (Å²) in [6.45, 7) is 3.14. The fourth-order valence-corrected chi connectivity index (χ4v) is 3.32. The van der Waals surface area contributed by atoms with Gasteiger partial charge in [0, 0.05) is 16.6 Å². The maximum absolute atomic E-state index is 6.06. The second-order valence-corrected chi connectivity index (χ2v) is 5.76. The van der Waals surface area contributed by atoms with Gasteiger partial charge in [0.25, 0.3) is 0 Å². The van der Waals surface area contributed by atoms with Gasteiger partial charge in [0.1, 0.15) is 5.75 Å². The van der Waals surface area contributed by atoms with E-state index in [1.807, 2.05) is 12.1 Å². The van der Waals surface area contributed by atoms with E-state index in [2.05, 4.69) is 18.3 Å². The summed E-state index contributed by atoms with van der Waals surface area (Å²) in [4.78, 5) is 0. The first-order valence-corrected chi connectivity index (χ1v) is 7.71. The van der Waals surface area contributed by atoms with Gasteiger partial charge in [-0.2, -0.15) is 0 Å². The molecule has 0 aromatic heterocycles. The highest BCUT2D eigenvalue weighted by atomic mass is 35.5. The summed E-state index contributed by atoms with van der Waals surface area (Å²) in [5.74, 6) is 1.62. The number of ether oxygens (including phenoxy) is 1. The molecule has 1 fully saturated rings. The third-order valence-corrected chi connectivity index (χ3v) is 4.31. The molecule has 0 amide bonds. The highest BCUT2D eigenvalue weighted by molar-refractivity contribution is 6.30. The van der Waals surface area contributed by atoms with Crippen LogP contribution >= 0.6 is 11.6 Å². The standard InChI is InChI=1S/C16H24ClNO/c1-3-18-16(12-7-5-4-6-8-12)14-10-9-13(17)11-15(14)19-2/h9-12,16,18H,3-8H2,1-2H3. The van der Waals surface area contributed by atoms with Crippen molar-refractivity contribution >= 4 is 11.6 Å². The van der Waals surface area contributed by atoms with Crippen LogP contribution in [0.5, 0.6) is 5.75 Å². The molecule has 1 unspecified atom stereocenters. The normalized spacial score (nSPS) is 18.3. The van der Waals surface area contributed by atoms with E-state index in [9.17, 15) is 0 Å². The van der Waals surface area contributed by atoms with Gasteiger partial charge in [0.05, 0.1) is 7.11 Å². The minimum atomic E-state index is 0.387.